The van der Waals surface area contributed by atoms with E-state index in [0.29, 0.717) is 29.2 Å². The fourth-order valence-electron chi connectivity index (χ4n) is 4.62. The molecule has 12 nitrogen and oxygen atoms in total. The molecule has 220 valence electrons. The number of nitrogens with zero attached hydrogens (tertiary/aromatic N) is 3. The molecule has 0 spiro atoms. The standard InChI is InChI=1S/C27H30F2N4O8/c1-38-20-8-15(9-21(41-27(28)29)24(20)25(35)31-16-2-3-16)19-11-30-23-10-18(4-5-33(19)23)40-14-17(34)12-32-6-7-39-22(13-32)26(36)37/h4-5,8-11,16-17,22,27,34H,2-3,6-7,12-14H2,1H3,(H,31,35)(H,36,37)/t17?,22-/m0/s1. The number of carbonyl (C=O) groups excluding carboxylic acids is 1. The highest BCUT2D eigenvalue weighted by Crippen LogP contribution is 2.37. The monoisotopic (exact) mass is 576 g/mol. The fraction of sp³-hybridized carbons (Fsp3) is 0.444. The van der Waals surface area contributed by atoms with E-state index in [1.54, 1.807) is 28.8 Å². The third-order valence-corrected chi connectivity index (χ3v) is 6.76. The Kier molecular flexibility index (Phi) is 8.52. The number of β-amino-alcohol motifs (C(OH)–C–C–N with tert-alkyl or cyclic N) is 1. The fourth-order valence-corrected chi connectivity index (χ4v) is 4.62. The molecule has 14 heteroatoms. The lowest BCUT2D eigenvalue weighted by Crippen LogP contribution is -2.49. The normalized spacial score (nSPS) is 18.3. The van der Waals surface area contributed by atoms with Crippen molar-refractivity contribution in [2.24, 2.45) is 0 Å². The van der Waals surface area contributed by atoms with E-state index in [9.17, 15) is 23.5 Å². The number of hydrogen-bond acceptors (Lipinski definition) is 9. The van der Waals surface area contributed by atoms with Crippen LogP contribution in [0.5, 0.6) is 17.2 Å². The Morgan fingerprint density at radius 1 is 1.24 bits per heavy atom. The van der Waals surface area contributed by atoms with Crippen molar-refractivity contribution < 1.29 is 47.5 Å². The maximum absolute atomic E-state index is 13.3. The molecular formula is C27H30F2N4O8. The van der Waals surface area contributed by atoms with Crippen LogP contribution in [0.4, 0.5) is 8.78 Å². The topological polar surface area (TPSA) is 144 Å². The molecule has 1 saturated heterocycles. The number of hydrogen-bond donors (Lipinski definition) is 3. The van der Waals surface area contributed by atoms with Gasteiger partial charge in [0.1, 0.15) is 41.2 Å². The lowest BCUT2D eigenvalue weighted by molar-refractivity contribution is -0.156. The second kappa shape index (κ2) is 12.2. The number of aliphatic hydroxyl groups excluding tert-OH is 1. The first kappa shape index (κ1) is 28.5. The van der Waals surface area contributed by atoms with Crippen LogP contribution < -0.4 is 19.5 Å². The third kappa shape index (κ3) is 6.84. The first-order chi connectivity index (χ1) is 19.7. The Balaban J connectivity index is 1.31. The second-order valence-corrected chi connectivity index (χ2v) is 9.83. The Hall–Kier alpha value is -4.01. The Morgan fingerprint density at radius 2 is 2.02 bits per heavy atom. The number of imidazole rings is 1. The zero-order valence-electron chi connectivity index (χ0n) is 22.2. The van der Waals surface area contributed by atoms with Gasteiger partial charge < -0.3 is 34.5 Å². The van der Waals surface area contributed by atoms with Crippen molar-refractivity contribution in [1.82, 2.24) is 19.6 Å². The maximum atomic E-state index is 13.3. The average Bonchev–Trinajstić information content (AvgIpc) is 3.66. The number of benzene rings is 1. The lowest BCUT2D eigenvalue weighted by atomic mass is 10.1. The van der Waals surface area contributed by atoms with Crippen molar-refractivity contribution >= 4 is 17.5 Å². The maximum Gasteiger partial charge on any atom is 0.387 e. The van der Waals surface area contributed by atoms with Crippen LogP contribution in [-0.4, -0.2) is 101 Å². The highest BCUT2D eigenvalue weighted by Gasteiger charge is 2.30. The molecule has 2 aromatic heterocycles. The van der Waals surface area contributed by atoms with Crippen LogP contribution in [-0.2, 0) is 9.53 Å². The van der Waals surface area contributed by atoms with Gasteiger partial charge in [-0.1, -0.05) is 0 Å². The molecule has 0 bridgehead atoms. The summed E-state index contributed by atoms with van der Waals surface area (Å²) in [5.74, 6) is -1.39. The highest BCUT2D eigenvalue weighted by atomic mass is 19.3. The number of carboxylic acids is 1. The molecule has 2 atom stereocenters. The van der Waals surface area contributed by atoms with Crippen molar-refractivity contribution in [3.05, 3.63) is 42.2 Å². The summed E-state index contributed by atoms with van der Waals surface area (Å²) in [7, 11) is 1.34. The van der Waals surface area contributed by atoms with Gasteiger partial charge in [0.2, 0.25) is 0 Å². The van der Waals surface area contributed by atoms with Gasteiger partial charge in [0.15, 0.2) is 6.10 Å². The number of carboxylic acid groups (broad SMARTS) is 1. The molecule has 5 rings (SSSR count). The van der Waals surface area contributed by atoms with Crippen LogP contribution in [0.3, 0.4) is 0 Å². The number of rotatable bonds is 12. The summed E-state index contributed by atoms with van der Waals surface area (Å²) in [4.78, 5) is 30.1. The summed E-state index contributed by atoms with van der Waals surface area (Å²) >= 11 is 0. The van der Waals surface area contributed by atoms with E-state index in [4.69, 9.17) is 24.1 Å². The van der Waals surface area contributed by atoms with Crippen LogP contribution in [0.25, 0.3) is 16.9 Å². The quantitative estimate of drug-likeness (QED) is 0.293. The van der Waals surface area contributed by atoms with Gasteiger partial charge >= 0.3 is 12.6 Å². The van der Waals surface area contributed by atoms with Gasteiger partial charge in [-0.3, -0.25) is 14.1 Å². The van der Waals surface area contributed by atoms with Crippen molar-refractivity contribution in [3.63, 3.8) is 0 Å². The lowest BCUT2D eigenvalue weighted by Gasteiger charge is -2.32. The highest BCUT2D eigenvalue weighted by molar-refractivity contribution is 6.01. The molecule has 1 amide bonds. The SMILES string of the molecule is COc1cc(-c2cnc3cc(OCC(O)CN4CCO[C@H](C(=O)O)C4)ccn23)cc(OC(F)F)c1C(=O)NC1CC1. The molecule has 2 fully saturated rings. The van der Waals surface area contributed by atoms with Crippen LogP contribution >= 0.6 is 0 Å². The van der Waals surface area contributed by atoms with E-state index in [1.165, 1.54) is 19.4 Å². The van der Waals surface area contributed by atoms with E-state index in [-0.39, 0.29) is 49.4 Å². The van der Waals surface area contributed by atoms with Gasteiger partial charge in [-0.05, 0) is 31.0 Å². The Morgan fingerprint density at radius 3 is 2.73 bits per heavy atom. The smallest absolute Gasteiger partial charge is 0.387 e. The van der Waals surface area contributed by atoms with Gasteiger partial charge in [0.25, 0.3) is 5.91 Å². The summed E-state index contributed by atoms with van der Waals surface area (Å²) in [6, 6.07) is 6.22. The van der Waals surface area contributed by atoms with E-state index in [0.717, 1.165) is 12.8 Å². The molecule has 1 aliphatic heterocycles. The van der Waals surface area contributed by atoms with Crippen LogP contribution in [0.1, 0.15) is 23.2 Å². The summed E-state index contributed by atoms with van der Waals surface area (Å²) in [5, 5.41) is 22.3. The molecule has 0 radical (unpaired) electrons. The van der Waals surface area contributed by atoms with E-state index in [2.05, 4.69) is 10.3 Å². The van der Waals surface area contributed by atoms with Gasteiger partial charge in [-0.25, -0.2) is 9.78 Å². The molecular weight excluding hydrogens is 546 g/mol. The van der Waals surface area contributed by atoms with Crippen molar-refractivity contribution in [1.29, 1.82) is 0 Å². The van der Waals surface area contributed by atoms with Crippen LogP contribution in [0.2, 0.25) is 0 Å². The number of fused-ring (bicyclic) bond motifs is 1. The first-order valence-electron chi connectivity index (χ1n) is 13.0. The van der Waals surface area contributed by atoms with Gasteiger partial charge in [-0.2, -0.15) is 8.78 Å². The molecule has 3 N–H and O–H groups in total. The number of ether oxygens (including phenoxy) is 4. The Bertz CT molecular complexity index is 1410. The third-order valence-electron chi connectivity index (χ3n) is 6.76. The number of nitrogens with one attached hydrogen (secondary N) is 1. The number of amides is 1. The number of aliphatic hydroxyl groups is 1. The Labute approximate surface area is 233 Å². The van der Waals surface area contributed by atoms with E-state index >= 15 is 0 Å². The van der Waals surface area contributed by atoms with Gasteiger partial charge in [0, 0.05) is 43.5 Å². The van der Waals surface area contributed by atoms with Crippen molar-refractivity contribution in [2.45, 2.75) is 37.7 Å². The van der Waals surface area contributed by atoms with Crippen LogP contribution in [0.15, 0.2) is 36.7 Å². The average molecular weight is 577 g/mol. The minimum Gasteiger partial charge on any atom is -0.496 e. The zero-order valence-corrected chi connectivity index (χ0v) is 22.2. The largest absolute Gasteiger partial charge is 0.496 e. The minimum absolute atomic E-state index is 0.00578. The number of halogens is 2. The molecule has 1 aromatic carbocycles. The molecule has 41 heavy (non-hydrogen) atoms. The van der Waals surface area contributed by atoms with Crippen LogP contribution in [0, 0.1) is 0 Å². The van der Waals surface area contributed by atoms with Crippen molar-refractivity contribution in [3.8, 4) is 28.5 Å². The molecule has 1 unspecified atom stereocenters. The number of pyridine rings is 1. The van der Waals surface area contributed by atoms with Crippen molar-refractivity contribution in [2.75, 3.05) is 40.0 Å². The molecule has 2 aliphatic rings. The first-order valence-corrected chi connectivity index (χ1v) is 13.0. The summed E-state index contributed by atoms with van der Waals surface area (Å²) in [6.07, 6.45) is 3.06. The summed E-state index contributed by atoms with van der Waals surface area (Å²) < 4.78 is 49.3. The number of methoxy groups -OCH3 is 1. The van der Waals surface area contributed by atoms with E-state index < -0.39 is 30.7 Å². The second-order valence-electron chi connectivity index (χ2n) is 9.83. The number of aromatic nitrogens is 2. The zero-order chi connectivity index (χ0) is 29.1. The molecule has 1 aliphatic carbocycles. The molecule has 1 saturated carbocycles. The predicted octanol–water partition coefficient (Wildman–Crippen LogP) is 2.03. The molecule has 3 aromatic rings. The van der Waals surface area contributed by atoms with Gasteiger partial charge in [-0.15, -0.1) is 0 Å². The molecule has 3 heterocycles. The number of alkyl halides is 2. The van der Waals surface area contributed by atoms with E-state index in [1.807, 2.05) is 4.90 Å². The number of morpholine rings is 1. The number of carbonyl (C=O) groups is 2. The summed E-state index contributed by atoms with van der Waals surface area (Å²) in [6.45, 7) is -2.01. The summed E-state index contributed by atoms with van der Waals surface area (Å²) in [5.41, 5.74) is 1.33. The number of aliphatic carboxylic acids is 1. The minimum atomic E-state index is -3.15. The van der Waals surface area contributed by atoms with Gasteiger partial charge in [0.05, 0.1) is 25.6 Å². The predicted molar refractivity (Wildman–Crippen MR) is 140 cm³/mol.